The van der Waals surface area contributed by atoms with Gasteiger partial charge in [-0.25, -0.2) is 0 Å². The van der Waals surface area contributed by atoms with Crippen LogP contribution in [0, 0.1) is 5.21 Å². The molecule has 1 amide bonds. The van der Waals surface area contributed by atoms with Gasteiger partial charge in [0, 0.05) is 43.3 Å². The number of thioether (sulfide) groups is 1. The zero-order valence-electron chi connectivity index (χ0n) is 18.9. The quantitative estimate of drug-likeness (QED) is 0.289. The number of hydrogen-bond acceptors (Lipinski definition) is 6. The average molecular weight is 481 g/mol. The third-order valence-corrected chi connectivity index (χ3v) is 6.76. The third-order valence-electron chi connectivity index (χ3n) is 5.61. The summed E-state index contributed by atoms with van der Waals surface area (Å²) in [6, 6.07) is 20.9. The molecule has 178 valence electrons. The summed E-state index contributed by atoms with van der Waals surface area (Å²) in [4.78, 5) is 11.2. The normalized spacial score (nSPS) is 20.1. The second kappa shape index (κ2) is 11.5. The number of nitrogens with zero attached hydrogens (tertiary/aromatic N) is 1. The molecule has 2 heterocycles. The smallest absolute Gasteiger partial charge is 0.251 e. The van der Waals surface area contributed by atoms with Crippen molar-refractivity contribution in [1.29, 1.82) is 0 Å². The lowest BCUT2D eigenvalue weighted by molar-refractivity contribution is -0.645. The van der Waals surface area contributed by atoms with E-state index in [0.29, 0.717) is 23.7 Å². The van der Waals surface area contributed by atoms with Crippen molar-refractivity contribution in [2.45, 2.75) is 50.0 Å². The SMILES string of the molecule is CC(=O)NCc1ccc([C@@H]2O[C@H](CSc3cccc[n+]3[O-])C[C@H](c3ccc(CO)cc3)O2)cc1. The van der Waals surface area contributed by atoms with Crippen molar-refractivity contribution in [2.75, 3.05) is 5.75 Å². The number of amides is 1. The van der Waals surface area contributed by atoms with E-state index < -0.39 is 6.29 Å². The number of ether oxygens (including phenoxy) is 2. The van der Waals surface area contributed by atoms with Crippen molar-refractivity contribution in [2.24, 2.45) is 0 Å². The summed E-state index contributed by atoms with van der Waals surface area (Å²) in [5.74, 6) is 0.536. The van der Waals surface area contributed by atoms with Crippen molar-refractivity contribution >= 4 is 17.7 Å². The minimum absolute atomic E-state index is 0.00604. The van der Waals surface area contributed by atoms with Gasteiger partial charge in [-0.05, 0) is 22.8 Å². The summed E-state index contributed by atoms with van der Waals surface area (Å²) >= 11 is 1.46. The van der Waals surface area contributed by atoms with E-state index in [1.165, 1.54) is 24.9 Å². The molecule has 1 fully saturated rings. The Bertz CT molecular complexity index is 1090. The lowest BCUT2D eigenvalue weighted by Gasteiger charge is -2.36. The molecule has 3 aromatic rings. The Hall–Kier alpha value is -2.91. The highest BCUT2D eigenvalue weighted by molar-refractivity contribution is 7.99. The van der Waals surface area contributed by atoms with Crippen LogP contribution in [0.3, 0.4) is 0 Å². The van der Waals surface area contributed by atoms with E-state index in [1.807, 2.05) is 54.6 Å². The van der Waals surface area contributed by atoms with E-state index >= 15 is 0 Å². The molecule has 0 saturated carbocycles. The fourth-order valence-corrected chi connectivity index (χ4v) is 4.68. The van der Waals surface area contributed by atoms with E-state index in [0.717, 1.165) is 27.0 Å². The first kappa shape index (κ1) is 24.2. The van der Waals surface area contributed by atoms with Gasteiger partial charge < -0.3 is 25.1 Å². The Balaban J connectivity index is 1.51. The molecule has 4 rings (SSSR count). The van der Waals surface area contributed by atoms with Crippen LogP contribution in [0.4, 0.5) is 0 Å². The van der Waals surface area contributed by atoms with Crippen LogP contribution in [0.2, 0.25) is 0 Å². The summed E-state index contributed by atoms with van der Waals surface area (Å²) in [6.45, 7) is 1.95. The van der Waals surface area contributed by atoms with Gasteiger partial charge in [-0.2, -0.15) is 4.73 Å². The lowest BCUT2D eigenvalue weighted by Crippen LogP contribution is -2.32. The van der Waals surface area contributed by atoms with Gasteiger partial charge in [0.15, 0.2) is 12.5 Å². The molecule has 0 spiro atoms. The number of pyridine rings is 1. The van der Waals surface area contributed by atoms with Gasteiger partial charge in [0.05, 0.1) is 18.8 Å². The van der Waals surface area contributed by atoms with Crippen molar-refractivity contribution in [3.05, 3.63) is 100 Å². The van der Waals surface area contributed by atoms with Crippen molar-refractivity contribution in [1.82, 2.24) is 5.32 Å². The molecule has 3 atom stereocenters. The standard InChI is InChI=1S/C26H28N2O5S/c1-18(30)27-15-19-5-11-22(12-6-19)26-32-23(17-34-25-4-2-3-13-28(25)31)14-24(33-26)21-9-7-20(16-29)8-10-21/h2-13,23-24,26,29H,14-17H2,1H3,(H,27,30)/t23-,24+,26+/m0/s1. The van der Waals surface area contributed by atoms with Crippen LogP contribution < -0.4 is 10.0 Å². The molecule has 34 heavy (non-hydrogen) atoms. The topological polar surface area (TPSA) is 94.7 Å². The van der Waals surface area contributed by atoms with Gasteiger partial charge in [-0.3, -0.25) is 4.79 Å². The maximum atomic E-state index is 12.0. The average Bonchev–Trinajstić information content (AvgIpc) is 2.87. The Morgan fingerprint density at radius 2 is 1.76 bits per heavy atom. The second-order valence-electron chi connectivity index (χ2n) is 8.18. The first-order valence-electron chi connectivity index (χ1n) is 11.2. The van der Waals surface area contributed by atoms with E-state index in [9.17, 15) is 15.1 Å². The monoisotopic (exact) mass is 480 g/mol. The Labute approximate surface area is 203 Å². The molecule has 2 aromatic carbocycles. The zero-order valence-corrected chi connectivity index (χ0v) is 19.7. The Morgan fingerprint density at radius 3 is 2.44 bits per heavy atom. The highest BCUT2D eigenvalue weighted by Gasteiger charge is 2.32. The second-order valence-corrected chi connectivity index (χ2v) is 9.22. The van der Waals surface area contributed by atoms with Gasteiger partial charge in [0.1, 0.15) is 0 Å². The number of nitrogens with one attached hydrogen (secondary N) is 1. The Morgan fingerprint density at radius 1 is 1.06 bits per heavy atom. The predicted molar refractivity (Wildman–Crippen MR) is 129 cm³/mol. The molecule has 0 unspecified atom stereocenters. The Kier molecular flexibility index (Phi) is 8.18. The fourth-order valence-electron chi connectivity index (χ4n) is 3.74. The predicted octanol–water partition coefficient (Wildman–Crippen LogP) is 3.79. The zero-order chi connectivity index (χ0) is 23.9. The highest BCUT2D eigenvalue weighted by atomic mass is 32.2. The van der Waals surface area contributed by atoms with Crippen LogP contribution >= 0.6 is 11.8 Å². The van der Waals surface area contributed by atoms with Gasteiger partial charge in [-0.1, -0.05) is 60.3 Å². The number of benzene rings is 2. The van der Waals surface area contributed by atoms with Crippen molar-refractivity contribution < 1.29 is 24.1 Å². The highest BCUT2D eigenvalue weighted by Crippen LogP contribution is 2.39. The van der Waals surface area contributed by atoms with Crippen molar-refractivity contribution in [3.63, 3.8) is 0 Å². The molecule has 7 nitrogen and oxygen atoms in total. The number of aliphatic hydroxyl groups excluding tert-OH is 1. The molecular formula is C26H28N2O5S. The number of carbonyl (C=O) groups is 1. The van der Waals surface area contributed by atoms with Gasteiger partial charge in [-0.15, -0.1) is 0 Å². The molecule has 1 aliphatic heterocycles. The molecule has 0 aliphatic carbocycles. The molecule has 1 aromatic heterocycles. The van der Waals surface area contributed by atoms with Crippen LogP contribution in [0.15, 0.2) is 78.0 Å². The largest absolute Gasteiger partial charge is 0.618 e. The van der Waals surface area contributed by atoms with E-state index in [-0.39, 0.29) is 24.7 Å². The first-order chi connectivity index (χ1) is 16.5. The molecule has 0 radical (unpaired) electrons. The van der Waals surface area contributed by atoms with Gasteiger partial charge >= 0.3 is 0 Å². The number of aliphatic hydroxyl groups is 1. The summed E-state index contributed by atoms with van der Waals surface area (Å²) in [6.07, 6.45) is 1.25. The van der Waals surface area contributed by atoms with Crippen LogP contribution in [-0.4, -0.2) is 22.9 Å². The number of aromatic nitrogens is 1. The fraction of sp³-hybridized carbons (Fsp3) is 0.308. The molecule has 0 bridgehead atoms. The van der Waals surface area contributed by atoms with E-state index in [1.54, 1.807) is 12.1 Å². The summed E-state index contributed by atoms with van der Waals surface area (Å²) < 4.78 is 13.5. The molecular weight excluding hydrogens is 452 g/mol. The lowest BCUT2D eigenvalue weighted by atomic mass is 10.0. The molecule has 1 aliphatic rings. The maximum Gasteiger partial charge on any atom is 0.251 e. The van der Waals surface area contributed by atoms with Gasteiger partial charge in [0.2, 0.25) is 5.91 Å². The number of hydrogen-bond donors (Lipinski definition) is 2. The molecule has 1 saturated heterocycles. The van der Waals surface area contributed by atoms with Gasteiger partial charge in [0.25, 0.3) is 5.03 Å². The van der Waals surface area contributed by atoms with Crippen LogP contribution in [0.1, 0.15) is 48.0 Å². The summed E-state index contributed by atoms with van der Waals surface area (Å²) in [5, 5.41) is 24.8. The van der Waals surface area contributed by atoms with Crippen molar-refractivity contribution in [3.8, 4) is 0 Å². The van der Waals surface area contributed by atoms with Crippen LogP contribution in [-0.2, 0) is 27.4 Å². The van der Waals surface area contributed by atoms with E-state index in [4.69, 9.17) is 9.47 Å². The minimum Gasteiger partial charge on any atom is -0.618 e. The first-order valence-corrected chi connectivity index (χ1v) is 12.2. The molecule has 8 heteroatoms. The van der Waals surface area contributed by atoms with Crippen LogP contribution in [0.5, 0.6) is 0 Å². The third kappa shape index (κ3) is 6.36. The maximum absolute atomic E-state index is 12.0. The van der Waals surface area contributed by atoms with E-state index in [2.05, 4.69) is 5.32 Å². The van der Waals surface area contributed by atoms with Crippen LogP contribution in [0.25, 0.3) is 0 Å². The minimum atomic E-state index is -0.563. The number of carbonyl (C=O) groups excluding carboxylic acids is 1. The summed E-state index contributed by atoms with van der Waals surface area (Å²) in [7, 11) is 0. The number of rotatable bonds is 8. The molecule has 2 N–H and O–H groups in total. The summed E-state index contributed by atoms with van der Waals surface area (Å²) in [5.41, 5.74) is 3.73.